The number of hydrogen-bond acceptors (Lipinski definition) is 6. The van der Waals surface area contributed by atoms with Crippen LogP contribution in [-0.2, 0) is 4.74 Å². The van der Waals surface area contributed by atoms with Crippen LogP contribution in [0.1, 0.15) is 22.0 Å². The first-order chi connectivity index (χ1) is 12.3. The average Bonchev–Trinajstić information content (AvgIpc) is 2.69. The molecule has 1 amide bonds. The van der Waals surface area contributed by atoms with E-state index in [9.17, 15) is 4.79 Å². The van der Waals surface area contributed by atoms with E-state index >= 15 is 0 Å². The summed E-state index contributed by atoms with van der Waals surface area (Å²) in [5.41, 5.74) is 1.55. The van der Waals surface area contributed by atoms with Crippen LogP contribution in [0.25, 0.3) is 0 Å². The molecule has 0 aromatic carbocycles. The number of hydrogen-bond donors (Lipinski definition) is 1. The van der Waals surface area contributed by atoms with Crippen LogP contribution < -0.4 is 10.1 Å². The normalized spacial score (nSPS) is 16.2. The summed E-state index contributed by atoms with van der Waals surface area (Å²) >= 11 is 0. The molecule has 1 aliphatic heterocycles. The first-order valence-corrected chi connectivity index (χ1v) is 8.28. The molecule has 1 atom stereocenters. The van der Waals surface area contributed by atoms with Gasteiger partial charge in [-0.2, -0.15) is 0 Å². The third kappa shape index (κ3) is 4.32. The molecule has 0 aliphatic carbocycles. The number of amides is 1. The van der Waals surface area contributed by atoms with Gasteiger partial charge in [0.15, 0.2) is 0 Å². The molecule has 1 N–H and O–H groups in total. The number of carbonyl (C=O) groups is 1. The fourth-order valence-electron chi connectivity index (χ4n) is 2.94. The molecule has 3 heterocycles. The van der Waals surface area contributed by atoms with Gasteiger partial charge in [0.2, 0.25) is 5.88 Å². The molecule has 1 fully saturated rings. The minimum Gasteiger partial charge on any atom is -0.480 e. The monoisotopic (exact) mass is 342 g/mol. The molecule has 0 saturated carbocycles. The number of carbonyl (C=O) groups excluding carboxylic acids is 1. The molecule has 1 saturated heterocycles. The topological polar surface area (TPSA) is 76.6 Å². The van der Waals surface area contributed by atoms with Crippen molar-refractivity contribution in [1.29, 1.82) is 0 Å². The highest BCUT2D eigenvalue weighted by atomic mass is 16.5. The van der Waals surface area contributed by atoms with Gasteiger partial charge in [-0.15, -0.1) is 0 Å². The van der Waals surface area contributed by atoms with Gasteiger partial charge in [-0.3, -0.25) is 14.7 Å². The molecule has 0 unspecified atom stereocenters. The summed E-state index contributed by atoms with van der Waals surface area (Å²) in [6.45, 7) is 3.55. The first kappa shape index (κ1) is 17.3. The number of rotatable bonds is 6. The van der Waals surface area contributed by atoms with Crippen LogP contribution >= 0.6 is 0 Å². The molecule has 7 nitrogen and oxygen atoms in total. The molecule has 7 heteroatoms. The Balaban J connectivity index is 1.73. The van der Waals surface area contributed by atoms with E-state index in [1.807, 2.05) is 12.1 Å². The van der Waals surface area contributed by atoms with E-state index in [1.54, 1.807) is 30.7 Å². The third-order valence-corrected chi connectivity index (χ3v) is 4.24. The maximum Gasteiger partial charge on any atom is 0.256 e. The Morgan fingerprint density at radius 2 is 2.04 bits per heavy atom. The van der Waals surface area contributed by atoms with Gasteiger partial charge in [-0.25, -0.2) is 4.98 Å². The predicted octanol–water partition coefficient (Wildman–Crippen LogP) is 1.29. The second-order valence-corrected chi connectivity index (χ2v) is 5.71. The molecule has 1 aliphatic rings. The van der Waals surface area contributed by atoms with Gasteiger partial charge in [0, 0.05) is 38.2 Å². The van der Waals surface area contributed by atoms with Crippen LogP contribution in [0.2, 0.25) is 0 Å². The zero-order valence-electron chi connectivity index (χ0n) is 14.2. The number of nitrogens with one attached hydrogen (secondary N) is 1. The van der Waals surface area contributed by atoms with E-state index in [0.717, 1.165) is 18.7 Å². The highest BCUT2D eigenvalue weighted by Gasteiger charge is 2.24. The zero-order chi connectivity index (χ0) is 17.5. The minimum absolute atomic E-state index is 0.0681. The number of pyridine rings is 2. The lowest BCUT2D eigenvalue weighted by Crippen LogP contribution is -2.43. The van der Waals surface area contributed by atoms with E-state index in [-0.39, 0.29) is 11.9 Å². The van der Waals surface area contributed by atoms with Gasteiger partial charge in [-0.1, -0.05) is 0 Å². The number of aromatic nitrogens is 2. The van der Waals surface area contributed by atoms with Gasteiger partial charge >= 0.3 is 0 Å². The van der Waals surface area contributed by atoms with Crippen LogP contribution in [0.5, 0.6) is 5.88 Å². The smallest absolute Gasteiger partial charge is 0.256 e. The van der Waals surface area contributed by atoms with E-state index < -0.39 is 0 Å². The predicted molar refractivity (Wildman–Crippen MR) is 92.5 cm³/mol. The van der Waals surface area contributed by atoms with Crippen LogP contribution in [0.15, 0.2) is 42.9 Å². The molecule has 0 radical (unpaired) electrons. The lowest BCUT2D eigenvalue weighted by Gasteiger charge is -2.34. The van der Waals surface area contributed by atoms with Gasteiger partial charge in [0.25, 0.3) is 5.91 Å². The Morgan fingerprint density at radius 1 is 1.28 bits per heavy atom. The number of morpholine rings is 1. The summed E-state index contributed by atoms with van der Waals surface area (Å²) in [4.78, 5) is 23.0. The number of ether oxygens (including phenoxy) is 2. The van der Waals surface area contributed by atoms with Crippen molar-refractivity contribution >= 4 is 5.91 Å². The lowest BCUT2D eigenvalue weighted by atomic mass is 10.1. The Morgan fingerprint density at radius 3 is 2.76 bits per heavy atom. The molecule has 25 heavy (non-hydrogen) atoms. The summed E-state index contributed by atoms with van der Waals surface area (Å²) in [7, 11) is 1.51. The maximum atomic E-state index is 12.6. The number of methoxy groups -OCH3 is 1. The quantitative estimate of drug-likeness (QED) is 0.852. The summed E-state index contributed by atoms with van der Waals surface area (Å²) in [5.74, 6) is 0.129. The van der Waals surface area contributed by atoms with Gasteiger partial charge in [-0.05, 0) is 29.8 Å². The van der Waals surface area contributed by atoms with Gasteiger partial charge in [0.05, 0.1) is 26.4 Å². The molecule has 0 spiro atoms. The molecule has 0 bridgehead atoms. The Kier molecular flexibility index (Phi) is 5.92. The summed E-state index contributed by atoms with van der Waals surface area (Å²) in [6, 6.07) is 7.46. The molecule has 3 rings (SSSR count). The van der Waals surface area contributed by atoms with Crippen molar-refractivity contribution in [3.8, 4) is 5.88 Å². The van der Waals surface area contributed by atoms with Gasteiger partial charge in [0.1, 0.15) is 5.56 Å². The highest BCUT2D eigenvalue weighted by Crippen LogP contribution is 2.21. The Labute approximate surface area is 147 Å². The average molecular weight is 342 g/mol. The van der Waals surface area contributed by atoms with E-state index in [2.05, 4.69) is 20.2 Å². The first-order valence-electron chi connectivity index (χ1n) is 8.28. The third-order valence-electron chi connectivity index (χ3n) is 4.24. The summed E-state index contributed by atoms with van der Waals surface area (Å²) in [6.07, 6.45) is 5.15. The van der Waals surface area contributed by atoms with Crippen LogP contribution in [0, 0.1) is 0 Å². The Hall–Kier alpha value is -2.51. The lowest BCUT2D eigenvalue weighted by molar-refractivity contribution is 0.0162. The molecule has 132 valence electrons. The zero-order valence-corrected chi connectivity index (χ0v) is 14.2. The molecule has 2 aromatic heterocycles. The SMILES string of the molecule is COc1ncccc1C(=O)NC[C@H](c1ccncc1)N1CCOCC1. The summed E-state index contributed by atoms with van der Waals surface area (Å²) < 4.78 is 10.6. The van der Waals surface area contributed by atoms with Crippen molar-refractivity contribution in [1.82, 2.24) is 20.2 Å². The minimum atomic E-state index is -0.197. The van der Waals surface area contributed by atoms with Crippen molar-refractivity contribution < 1.29 is 14.3 Å². The molecular formula is C18H22N4O3. The fraction of sp³-hybridized carbons (Fsp3) is 0.389. The summed E-state index contributed by atoms with van der Waals surface area (Å²) in [5, 5.41) is 3.01. The maximum absolute atomic E-state index is 12.6. The van der Waals surface area contributed by atoms with Crippen LogP contribution in [0.3, 0.4) is 0 Å². The second kappa shape index (κ2) is 8.55. The van der Waals surface area contributed by atoms with Crippen molar-refractivity contribution in [2.75, 3.05) is 40.0 Å². The Bertz CT molecular complexity index is 690. The number of nitrogens with zero attached hydrogens (tertiary/aromatic N) is 3. The van der Waals surface area contributed by atoms with E-state index in [0.29, 0.717) is 31.2 Å². The molecule has 2 aromatic rings. The van der Waals surface area contributed by atoms with E-state index in [1.165, 1.54) is 7.11 Å². The fourth-order valence-corrected chi connectivity index (χ4v) is 2.94. The second-order valence-electron chi connectivity index (χ2n) is 5.71. The van der Waals surface area contributed by atoms with Crippen molar-refractivity contribution in [2.45, 2.75) is 6.04 Å². The largest absolute Gasteiger partial charge is 0.480 e. The van der Waals surface area contributed by atoms with Crippen molar-refractivity contribution in [2.24, 2.45) is 0 Å². The van der Waals surface area contributed by atoms with E-state index in [4.69, 9.17) is 9.47 Å². The van der Waals surface area contributed by atoms with Crippen LogP contribution in [0.4, 0.5) is 0 Å². The van der Waals surface area contributed by atoms with Crippen molar-refractivity contribution in [3.63, 3.8) is 0 Å². The van der Waals surface area contributed by atoms with Crippen molar-refractivity contribution in [3.05, 3.63) is 54.0 Å². The highest BCUT2D eigenvalue weighted by molar-refractivity contribution is 5.96. The standard InChI is InChI=1S/C18H22N4O3/c1-24-18-15(3-2-6-20-18)17(23)21-13-16(14-4-7-19-8-5-14)22-9-11-25-12-10-22/h2-8,16H,9-13H2,1H3,(H,21,23)/t16-/m1/s1. The van der Waals surface area contributed by atoms with Gasteiger partial charge < -0.3 is 14.8 Å². The van der Waals surface area contributed by atoms with Crippen LogP contribution in [-0.4, -0.2) is 60.7 Å². The molecular weight excluding hydrogens is 320 g/mol.